The van der Waals surface area contributed by atoms with Crippen LogP contribution in [-0.4, -0.2) is 50.3 Å². The van der Waals surface area contributed by atoms with E-state index in [2.05, 4.69) is 38.5 Å². The molecule has 32 heavy (non-hydrogen) atoms. The molecule has 3 aromatic heterocycles. The Morgan fingerprint density at radius 2 is 1.91 bits per heavy atom. The minimum absolute atomic E-state index is 0.515. The van der Waals surface area contributed by atoms with Gasteiger partial charge in [-0.1, -0.05) is 29.5 Å². The Kier molecular flexibility index (Phi) is 5.67. The van der Waals surface area contributed by atoms with Crippen LogP contribution in [0.5, 0.6) is 5.75 Å². The van der Waals surface area contributed by atoms with Crippen molar-refractivity contribution in [1.82, 2.24) is 29.9 Å². The number of methoxy groups -OCH3 is 1. The zero-order valence-corrected chi connectivity index (χ0v) is 17.7. The van der Waals surface area contributed by atoms with Crippen molar-refractivity contribution in [1.29, 1.82) is 0 Å². The van der Waals surface area contributed by atoms with Crippen molar-refractivity contribution >= 4 is 22.2 Å². The van der Waals surface area contributed by atoms with Gasteiger partial charge in [0.1, 0.15) is 12.4 Å². The maximum atomic E-state index is 5.71. The van der Waals surface area contributed by atoms with Crippen LogP contribution in [0.4, 0.5) is 0 Å². The number of hydrogen-bond donors (Lipinski definition) is 0. The van der Waals surface area contributed by atoms with Crippen LogP contribution in [0.15, 0.2) is 67.0 Å². The van der Waals surface area contributed by atoms with Gasteiger partial charge in [0.15, 0.2) is 5.65 Å². The lowest BCUT2D eigenvalue weighted by atomic mass is 10.1. The summed E-state index contributed by atoms with van der Waals surface area (Å²) in [4.78, 5) is 13.6. The van der Waals surface area contributed by atoms with Crippen LogP contribution in [0, 0.1) is 0 Å². The summed E-state index contributed by atoms with van der Waals surface area (Å²) in [5, 5.41) is 9.54. The van der Waals surface area contributed by atoms with Crippen LogP contribution in [-0.2, 0) is 17.7 Å². The average Bonchev–Trinajstić information content (AvgIpc) is 3.21. The summed E-state index contributed by atoms with van der Waals surface area (Å²) in [6.45, 7) is 1.63. The molecule has 5 aromatic rings. The third-order valence-corrected chi connectivity index (χ3v) is 5.12. The van der Waals surface area contributed by atoms with E-state index >= 15 is 0 Å². The van der Waals surface area contributed by atoms with Crippen LogP contribution < -0.4 is 4.74 Å². The summed E-state index contributed by atoms with van der Waals surface area (Å²) >= 11 is 0. The van der Waals surface area contributed by atoms with Crippen molar-refractivity contribution in [3.63, 3.8) is 0 Å². The fourth-order valence-electron chi connectivity index (χ4n) is 3.58. The van der Waals surface area contributed by atoms with Crippen LogP contribution in [0.25, 0.3) is 22.2 Å². The Morgan fingerprint density at radius 1 is 0.938 bits per heavy atom. The normalized spacial score (nSPS) is 11.3. The molecule has 0 radical (unpaired) electrons. The number of hydrogen-bond acceptors (Lipinski definition) is 7. The molecule has 5 rings (SSSR count). The molecule has 0 aliphatic carbocycles. The number of benzene rings is 2. The molecule has 0 saturated heterocycles. The summed E-state index contributed by atoms with van der Waals surface area (Å²) in [6.07, 6.45) is 4.18. The lowest BCUT2D eigenvalue weighted by Gasteiger charge is -2.08. The second-order valence-corrected chi connectivity index (χ2v) is 7.45. The van der Waals surface area contributed by atoms with Crippen LogP contribution in [0.3, 0.4) is 0 Å². The third-order valence-electron chi connectivity index (χ3n) is 5.12. The van der Waals surface area contributed by atoms with Gasteiger partial charge in [-0.25, -0.2) is 14.6 Å². The van der Waals surface area contributed by atoms with Gasteiger partial charge in [0.05, 0.1) is 30.6 Å². The van der Waals surface area contributed by atoms with E-state index in [4.69, 9.17) is 14.5 Å². The monoisotopic (exact) mass is 426 g/mol. The van der Waals surface area contributed by atoms with Crippen LogP contribution >= 0.6 is 0 Å². The first-order valence-corrected chi connectivity index (χ1v) is 10.4. The van der Waals surface area contributed by atoms with Crippen molar-refractivity contribution in [2.24, 2.45) is 0 Å². The van der Waals surface area contributed by atoms with Gasteiger partial charge in [-0.2, -0.15) is 0 Å². The minimum atomic E-state index is 0.515. The van der Waals surface area contributed by atoms with E-state index < -0.39 is 0 Å². The van der Waals surface area contributed by atoms with E-state index in [9.17, 15) is 0 Å². The highest BCUT2D eigenvalue weighted by Crippen LogP contribution is 2.18. The number of fused-ring (bicyclic) bond motifs is 2. The lowest BCUT2D eigenvalue weighted by Crippen LogP contribution is -2.05. The maximum Gasteiger partial charge on any atom is 0.221 e. The van der Waals surface area contributed by atoms with E-state index in [0.717, 1.165) is 33.5 Å². The summed E-state index contributed by atoms with van der Waals surface area (Å²) in [6, 6.07) is 18.1. The molecular weight excluding hydrogens is 404 g/mol. The van der Waals surface area contributed by atoms with Crippen molar-refractivity contribution in [2.45, 2.75) is 13.0 Å². The highest BCUT2D eigenvalue weighted by Gasteiger charge is 2.11. The molecule has 0 saturated carbocycles. The Balaban J connectivity index is 1.37. The molecule has 0 atom stereocenters. The van der Waals surface area contributed by atoms with E-state index in [1.54, 1.807) is 24.2 Å². The number of aromatic nitrogens is 6. The van der Waals surface area contributed by atoms with Gasteiger partial charge in [-0.15, -0.1) is 5.10 Å². The predicted octanol–water partition coefficient (Wildman–Crippen LogP) is 3.43. The SMILES string of the molecule is COCCOc1cccc(Cc2cnc3nnn(Cc4ccc5ncccc5c4)c3n2)c1. The third kappa shape index (κ3) is 4.40. The molecule has 0 bridgehead atoms. The second kappa shape index (κ2) is 9.07. The van der Waals surface area contributed by atoms with E-state index in [1.165, 1.54) is 0 Å². The van der Waals surface area contributed by atoms with Gasteiger partial charge in [0.25, 0.3) is 0 Å². The maximum absolute atomic E-state index is 5.71. The molecule has 0 unspecified atom stereocenters. The van der Waals surface area contributed by atoms with E-state index in [0.29, 0.717) is 37.5 Å². The quantitative estimate of drug-likeness (QED) is 0.351. The number of nitrogens with zero attached hydrogens (tertiary/aromatic N) is 6. The number of ether oxygens (including phenoxy) is 2. The van der Waals surface area contributed by atoms with E-state index in [1.807, 2.05) is 36.4 Å². The highest BCUT2D eigenvalue weighted by molar-refractivity contribution is 5.79. The minimum Gasteiger partial charge on any atom is -0.491 e. The van der Waals surface area contributed by atoms with Crippen molar-refractivity contribution in [3.8, 4) is 5.75 Å². The molecule has 0 N–H and O–H groups in total. The molecule has 0 amide bonds. The first-order valence-electron chi connectivity index (χ1n) is 10.4. The smallest absolute Gasteiger partial charge is 0.221 e. The molecule has 2 aromatic carbocycles. The fraction of sp³-hybridized carbons (Fsp3) is 0.208. The van der Waals surface area contributed by atoms with E-state index in [-0.39, 0.29) is 0 Å². The van der Waals surface area contributed by atoms with Crippen molar-refractivity contribution in [2.75, 3.05) is 20.3 Å². The fourth-order valence-corrected chi connectivity index (χ4v) is 3.58. The Bertz CT molecular complexity index is 1370. The highest BCUT2D eigenvalue weighted by atomic mass is 16.5. The first-order chi connectivity index (χ1) is 15.8. The molecular formula is C24H22N6O2. The topological polar surface area (TPSA) is 87.8 Å². The number of rotatable bonds is 8. The molecule has 0 aliphatic heterocycles. The van der Waals surface area contributed by atoms with Crippen molar-refractivity contribution in [3.05, 3.63) is 83.8 Å². The average molecular weight is 426 g/mol. The van der Waals surface area contributed by atoms with Gasteiger partial charge < -0.3 is 9.47 Å². The number of pyridine rings is 1. The van der Waals surface area contributed by atoms with Gasteiger partial charge in [0, 0.05) is 25.1 Å². The van der Waals surface area contributed by atoms with Crippen LogP contribution in [0.2, 0.25) is 0 Å². The second-order valence-electron chi connectivity index (χ2n) is 7.45. The van der Waals surface area contributed by atoms with Gasteiger partial charge in [-0.05, 0) is 41.5 Å². The molecule has 0 aliphatic rings. The molecule has 8 heteroatoms. The Labute approximate surface area is 184 Å². The Hall–Kier alpha value is -3.91. The standard InChI is InChI=1S/C24H22N6O2/c1-31-10-11-32-21-6-2-4-17(14-21)13-20-15-26-23-24(27-20)30(29-28-23)16-18-7-8-22-19(12-18)5-3-9-25-22/h2-9,12,14-15H,10-11,13,16H2,1H3. The first kappa shape index (κ1) is 20.0. The summed E-state index contributed by atoms with van der Waals surface area (Å²) in [5.41, 5.74) is 5.21. The predicted molar refractivity (Wildman–Crippen MR) is 121 cm³/mol. The van der Waals surface area contributed by atoms with Gasteiger partial charge in [-0.3, -0.25) is 4.98 Å². The molecule has 0 fully saturated rings. The van der Waals surface area contributed by atoms with Crippen molar-refractivity contribution < 1.29 is 9.47 Å². The summed E-state index contributed by atoms with van der Waals surface area (Å²) in [7, 11) is 1.66. The zero-order valence-electron chi connectivity index (χ0n) is 17.7. The summed E-state index contributed by atoms with van der Waals surface area (Å²) < 4.78 is 12.5. The lowest BCUT2D eigenvalue weighted by molar-refractivity contribution is 0.146. The largest absolute Gasteiger partial charge is 0.491 e. The molecule has 8 nitrogen and oxygen atoms in total. The van der Waals surface area contributed by atoms with Gasteiger partial charge >= 0.3 is 0 Å². The molecule has 160 valence electrons. The molecule has 3 heterocycles. The molecule has 0 spiro atoms. The van der Waals surface area contributed by atoms with Crippen LogP contribution in [0.1, 0.15) is 16.8 Å². The zero-order chi connectivity index (χ0) is 21.8. The summed E-state index contributed by atoms with van der Waals surface area (Å²) in [5.74, 6) is 0.811. The van der Waals surface area contributed by atoms with Gasteiger partial charge in [0.2, 0.25) is 5.65 Å². The Morgan fingerprint density at radius 3 is 2.84 bits per heavy atom.